The van der Waals surface area contributed by atoms with E-state index in [0.29, 0.717) is 45.3 Å². The molecule has 0 saturated carbocycles. The van der Waals surface area contributed by atoms with Gasteiger partial charge in [-0.3, -0.25) is 4.79 Å². The molecule has 36 heavy (non-hydrogen) atoms. The molecule has 182 valence electrons. The summed E-state index contributed by atoms with van der Waals surface area (Å²) in [6, 6.07) is 18.8. The number of nitrogens with two attached hydrogens (primary N) is 1. The number of ether oxygens (including phenoxy) is 1. The first-order chi connectivity index (χ1) is 17.3. The Morgan fingerprint density at radius 1 is 1.17 bits per heavy atom. The molecule has 1 amide bonds. The molecule has 5 aromatic rings. The summed E-state index contributed by atoms with van der Waals surface area (Å²) in [4.78, 5) is 29.1. The second-order valence-corrected chi connectivity index (χ2v) is 8.85. The molecule has 0 unspecified atom stereocenters. The fourth-order valence-corrected chi connectivity index (χ4v) is 4.42. The summed E-state index contributed by atoms with van der Waals surface area (Å²) in [5.41, 5.74) is 8.70. The van der Waals surface area contributed by atoms with Gasteiger partial charge in [0.25, 0.3) is 5.91 Å². The van der Waals surface area contributed by atoms with Crippen molar-refractivity contribution in [2.75, 3.05) is 12.4 Å². The van der Waals surface area contributed by atoms with Crippen molar-refractivity contribution >= 4 is 51.1 Å². The number of hydrogen-bond acceptors (Lipinski definition) is 6. The van der Waals surface area contributed by atoms with E-state index in [-0.39, 0.29) is 5.56 Å². The number of benzene rings is 3. The minimum Gasteiger partial charge on any atom is -0.497 e. The molecule has 0 bridgehead atoms. The van der Waals surface area contributed by atoms with Crippen LogP contribution in [0.1, 0.15) is 21.5 Å². The van der Waals surface area contributed by atoms with E-state index in [1.165, 1.54) is 0 Å². The summed E-state index contributed by atoms with van der Waals surface area (Å²) in [5.74, 6) is 0.501. The Balaban J connectivity index is 1.65. The number of rotatable bonds is 7. The number of carbonyl (C=O) groups excluding carboxylic acids is 1. The summed E-state index contributed by atoms with van der Waals surface area (Å²) >= 11 is 6.04. The Morgan fingerprint density at radius 2 is 1.94 bits per heavy atom. The van der Waals surface area contributed by atoms with Gasteiger partial charge in [0.05, 0.1) is 18.1 Å². The lowest BCUT2D eigenvalue weighted by molar-refractivity contribution is 0.0996. The second kappa shape index (κ2) is 9.39. The van der Waals surface area contributed by atoms with Gasteiger partial charge in [0.1, 0.15) is 16.9 Å². The first-order valence-electron chi connectivity index (χ1n) is 11.3. The summed E-state index contributed by atoms with van der Waals surface area (Å²) in [5, 5.41) is 4.66. The van der Waals surface area contributed by atoms with Gasteiger partial charge in [-0.05, 0) is 54.8 Å². The van der Waals surface area contributed by atoms with E-state index in [0.717, 1.165) is 23.2 Å². The number of fused-ring (bicyclic) bond motifs is 2. The smallest absolute Gasteiger partial charge is 0.349 e. The van der Waals surface area contributed by atoms with Gasteiger partial charge in [-0.1, -0.05) is 29.8 Å². The molecule has 3 N–H and O–H groups in total. The number of halogens is 1. The van der Waals surface area contributed by atoms with Crippen molar-refractivity contribution in [2.24, 2.45) is 5.73 Å². The fraction of sp³-hybridized carbons (Fsp3) is 0.148. The van der Waals surface area contributed by atoms with Gasteiger partial charge in [-0.25, -0.2) is 9.78 Å². The Bertz CT molecular complexity index is 1670. The van der Waals surface area contributed by atoms with Crippen molar-refractivity contribution in [3.8, 4) is 5.75 Å². The highest BCUT2D eigenvalue weighted by Crippen LogP contribution is 2.30. The molecular formula is C27H23ClN4O4. The zero-order valence-corrected chi connectivity index (χ0v) is 20.4. The summed E-state index contributed by atoms with van der Waals surface area (Å²) in [6.07, 6.45) is 0.719. The van der Waals surface area contributed by atoms with Crippen LogP contribution < -0.4 is 21.4 Å². The third-order valence-electron chi connectivity index (χ3n) is 6.14. The van der Waals surface area contributed by atoms with E-state index in [2.05, 4.69) is 5.32 Å². The Hall–Kier alpha value is -4.30. The maximum atomic E-state index is 12.4. The molecule has 0 spiro atoms. The molecule has 0 fully saturated rings. The molecular weight excluding hydrogens is 480 g/mol. The number of anilines is 2. The molecule has 3 aromatic carbocycles. The van der Waals surface area contributed by atoms with Gasteiger partial charge in [0.2, 0.25) is 5.95 Å². The molecule has 0 aliphatic carbocycles. The lowest BCUT2D eigenvalue weighted by Crippen LogP contribution is -2.22. The number of nitrogens with zero attached hydrogens (tertiary/aromatic N) is 2. The van der Waals surface area contributed by atoms with Gasteiger partial charge in [0.15, 0.2) is 0 Å². The van der Waals surface area contributed by atoms with Crippen LogP contribution >= 0.6 is 11.6 Å². The van der Waals surface area contributed by atoms with Crippen LogP contribution in [0.25, 0.3) is 22.0 Å². The van der Waals surface area contributed by atoms with E-state index in [1.807, 2.05) is 59.2 Å². The number of aromatic nitrogens is 2. The van der Waals surface area contributed by atoms with Crippen molar-refractivity contribution in [1.82, 2.24) is 9.55 Å². The van der Waals surface area contributed by atoms with E-state index >= 15 is 0 Å². The molecule has 2 heterocycles. The van der Waals surface area contributed by atoms with Gasteiger partial charge in [0, 0.05) is 34.8 Å². The minimum atomic E-state index is -0.822. The third-order valence-corrected chi connectivity index (χ3v) is 6.40. The third kappa shape index (κ3) is 4.38. The Morgan fingerprint density at radius 3 is 2.67 bits per heavy atom. The number of carbonyl (C=O) groups is 1. The van der Waals surface area contributed by atoms with Gasteiger partial charge in [-0.2, -0.15) is 0 Å². The highest BCUT2D eigenvalue weighted by Gasteiger charge is 2.19. The molecule has 2 aromatic heterocycles. The van der Waals surface area contributed by atoms with E-state index < -0.39 is 11.5 Å². The fourth-order valence-electron chi connectivity index (χ4n) is 4.30. The molecule has 0 saturated heterocycles. The highest BCUT2D eigenvalue weighted by atomic mass is 35.5. The van der Waals surface area contributed by atoms with Crippen molar-refractivity contribution in [3.05, 3.63) is 92.8 Å². The van der Waals surface area contributed by atoms with Gasteiger partial charge >= 0.3 is 5.63 Å². The van der Waals surface area contributed by atoms with E-state index in [4.69, 9.17) is 31.5 Å². The van der Waals surface area contributed by atoms with Gasteiger partial charge in [-0.15, -0.1) is 0 Å². The number of primary amides is 1. The van der Waals surface area contributed by atoms with Crippen molar-refractivity contribution in [2.45, 2.75) is 19.9 Å². The van der Waals surface area contributed by atoms with Crippen LogP contribution in [0.5, 0.6) is 5.75 Å². The monoisotopic (exact) mass is 502 g/mol. The van der Waals surface area contributed by atoms with Crippen LogP contribution in [0, 0.1) is 6.92 Å². The van der Waals surface area contributed by atoms with Gasteiger partial charge < -0.3 is 24.8 Å². The normalized spacial score (nSPS) is 11.2. The maximum absolute atomic E-state index is 12.4. The molecule has 5 rings (SSSR count). The average Bonchev–Trinajstić information content (AvgIpc) is 3.18. The largest absolute Gasteiger partial charge is 0.497 e. The van der Waals surface area contributed by atoms with Crippen molar-refractivity contribution < 1.29 is 13.9 Å². The predicted molar refractivity (Wildman–Crippen MR) is 140 cm³/mol. The number of imidazole rings is 1. The zero-order chi connectivity index (χ0) is 25.4. The minimum absolute atomic E-state index is 0.154. The standard InChI is InChI=1S/C27H23ClN4O4/c1-15-20-13-21-22(14-23(20)36-26(34)24(15)25(29)33)32(11-10-16-6-8-17(28)9-7-16)27(31-21)30-18-4-3-5-19(12-18)35-2/h3-9,12-14H,10-11H2,1-2H3,(H2,29,33)(H,30,31). The molecule has 8 nitrogen and oxygen atoms in total. The number of hydrogen-bond donors (Lipinski definition) is 2. The number of aryl methyl sites for hydroxylation is 3. The first kappa shape index (κ1) is 23.4. The van der Waals surface area contributed by atoms with E-state index in [1.54, 1.807) is 20.1 Å². The lowest BCUT2D eigenvalue weighted by Gasteiger charge is -2.12. The number of nitrogens with one attached hydrogen (secondary N) is 1. The topological polar surface area (TPSA) is 112 Å². The highest BCUT2D eigenvalue weighted by molar-refractivity contribution is 6.30. The molecule has 9 heteroatoms. The summed E-state index contributed by atoms with van der Waals surface area (Å²) < 4.78 is 12.9. The van der Waals surface area contributed by atoms with Crippen molar-refractivity contribution in [3.63, 3.8) is 0 Å². The van der Waals surface area contributed by atoms with Crippen LogP contribution in [0.15, 0.2) is 69.9 Å². The molecule has 0 aliphatic rings. The van der Waals surface area contributed by atoms with Crippen LogP contribution in [0.2, 0.25) is 5.02 Å². The molecule has 0 atom stereocenters. The first-order valence-corrected chi connectivity index (χ1v) is 11.6. The van der Waals surface area contributed by atoms with Crippen LogP contribution in [-0.2, 0) is 13.0 Å². The summed E-state index contributed by atoms with van der Waals surface area (Å²) in [6.45, 7) is 2.27. The van der Waals surface area contributed by atoms with Crippen LogP contribution in [-0.4, -0.2) is 22.6 Å². The van der Waals surface area contributed by atoms with E-state index in [9.17, 15) is 9.59 Å². The average molecular weight is 503 g/mol. The second-order valence-electron chi connectivity index (χ2n) is 8.41. The quantitative estimate of drug-likeness (QED) is 0.296. The van der Waals surface area contributed by atoms with Crippen LogP contribution in [0.3, 0.4) is 0 Å². The maximum Gasteiger partial charge on any atom is 0.349 e. The lowest BCUT2D eigenvalue weighted by atomic mass is 10.1. The summed E-state index contributed by atoms with van der Waals surface area (Å²) in [7, 11) is 1.61. The number of methoxy groups -OCH3 is 1. The molecule has 0 radical (unpaired) electrons. The Labute approximate surface area is 211 Å². The van der Waals surface area contributed by atoms with Crippen LogP contribution in [0.4, 0.5) is 11.6 Å². The predicted octanol–water partition coefficient (Wildman–Crippen LogP) is 5.20. The van der Waals surface area contributed by atoms with Crippen molar-refractivity contribution in [1.29, 1.82) is 0 Å². The Kier molecular flexibility index (Phi) is 6.12. The molecule has 0 aliphatic heterocycles. The number of amides is 1. The SMILES string of the molecule is COc1cccc(Nc2nc3cc4c(C)c(C(N)=O)c(=O)oc4cc3n2CCc2ccc(Cl)cc2)c1. The zero-order valence-electron chi connectivity index (χ0n) is 19.7.